The van der Waals surface area contributed by atoms with Crippen LogP contribution in [0.1, 0.15) is 17.9 Å². The first-order chi connectivity index (χ1) is 11.1. The second-order valence-corrected chi connectivity index (χ2v) is 8.07. The quantitative estimate of drug-likeness (QED) is 0.776. The fourth-order valence-electron chi connectivity index (χ4n) is 3.24. The van der Waals surface area contributed by atoms with Crippen molar-refractivity contribution in [2.24, 2.45) is 0 Å². The Morgan fingerprint density at radius 2 is 1.96 bits per heavy atom. The first-order valence-corrected chi connectivity index (χ1v) is 9.24. The molecule has 1 unspecified atom stereocenters. The van der Waals surface area contributed by atoms with E-state index >= 15 is 0 Å². The minimum atomic E-state index is -2.96. The average Bonchev–Trinajstić information content (AvgIpc) is 3.09. The lowest BCUT2D eigenvalue weighted by molar-refractivity contribution is 0.601. The highest BCUT2D eigenvalue weighted by Gasteiger charge is 2.32. The molecule has 0 aliphatic carbocycles. The Kier molecular flexibility index (Phi) is 3.12. The Labute approximate surface area is 133 Å². The van der Waals surface area contributed by atoms with Gasteiger partial charge in [-0.1, -0.05) is 18.2 Å². The fourth-order valence-corrected chi connectivity index (χ4v) is 5.01. The maximum Gasteiger partial charge on any atom is 0.151 e. The smallest absolute Gasteiger partial charge is 0.151 e. The fraction of sp³-hybridized carbons (Fsp3) is 0.250. The van der Waals surface area contributed by atoms with Gasteiger partial charge in [0.15, 0.2) is 15.7 Å². The molecule has 6 nitrogen and oxygen atoms in total. The van der Waals surface area contributed by atoms with Crippen molar-refractivity contribution < 1.29 is 8.42 Å². The van der Waals surface area contributed by atoms with Crippen molar-refractivity contribution in [2.75, 3.05) is 17.2 Å². The third-order valence-electron chi connectivity index (χ3n) is 4.34. The Balaban J connectivity index is 1.95. The number of sulfone groups is 1. The van der Waals surface area contributed by atoms with E-state index in [1.807, 2.05) is 41.1 Å². The standard InChI is InChI=1S/C16H16N4O2S/c17-16-15-14(18-10-19-16)13(11-6-7-23(21,22)9-11)8-20(15)12-4-2-1-3-5-12/h1-5,8,10-11H,6-7,9H2,(H2,17,18,19). The number of nitrogens with two attached hydrogens (primary N) is 1. The molecule has 0 saturated carbocycles. The summed E-state index contributed by atoms with van der Waals surface area (Å²) in [5.74, 6) is 0.758. The monoisotopic (exact) mass is 328 g/mol. The van der Waals surface area contributed by atoms with E-state index < -0.39 is 9.84 Å². The Hall–Kier alpha value is -2.41. The number of fused-ring (bicyclic) bond motifs is 1. The van der Waals surface area contributed by atoms with Gasteiger partial charge in [-0.3, -0.25) is 0 Å². The van der Waals surface area contributed by atoms with Crippen LogP contribution in [-0.2, 0) is 9.84 Å². The zero-order valence-corrected chi connectivity index (χ0v) is 13.2. The second kappa shape index (κ2) is 5.06. The molecule has 2 aromatic heterocycles. The van der Waals surface area contributed by atoms with E-state index in [1.165, 1.54) is 6.33 Å². The van der Waals surface area contributed by atoms with Crippen molar-refractivity contribution in [1.29, 1.82) is 0 Å². The molecule has 1 aliphatic heterocycles. The summed E-state index contributed by atoms with van der Waals surface area (Å²) in [6, 6.07) is 9.78. The summed E-state index contributed by atoms with van der Waals surface area (Å²) in [6.07, 6.45) is 4.01. The summed E-state index contributed by atoms with van der Waals surface area (Å²) < 4.78 is 25.6. The lowest BCUT2D eigenvalue weighted by Gasteiger charge is -2.05. The van der Waals surface area contributed by atoms with Gasteiger partial charge in [0.1, 0.15) is 11.8 Å². The van der Waals surface area contributed by atoms with E-state index in [-0.39, 0.29) is 17.4 Å². The van der Waals surface area contributed by atoms with E-state index in [4.69, 9.17) is 5.73 Å². The topological polar surface area (TPSA) is 90.9 Å². The van der Waals surface area contributed by atoms with Crippen LogP contribution in [0.4, 0.5) is 5.82 Å². The number of hydrogen-bond acceptors (Lipinski definition) is 5. The van der Waals surface area contributed by atoms with Crippen LogP contribution in [-0.4, -0.2) is 34.5 Å². The van der Waals surface area contributed by atoms with Crippen LogP contribution in [0.15, 0.2) is 42.9 Å². The third kappa shape index (κ3) is 2.37. The van der Waals surface area contributed by atoms with Gasteiger partial charge in [0.2, 0.25) is 0 Å². The minimum Gasteiger partial charge on any atom is -0.382 e. The number of nitrogen functional groups attached to an aromatic ring is 1. The van der Waals surface area contributed by atoms with Gasteiger partial charge in [0, 0.05) is 23.4 Å². The van der Waals surface area contributed by atoms with Crippen LogP contribution < -0.4 is 5.73 Å². The molecule has 0 radical (unpaired) electrons. The van der Waals surface area contributed by atoms with E-state index in [9.17, 15) is 8.42 Å². The first-order valence-electron chi connectivity index (χ1n) is 7.42. The summed E-state index contributed by atoms with van der Waals surface area (Å²) in [5.41, 5.74) is 9.42. The van der Waals surface area contributed by atoms with Gasteiger partial charge in [-0.15, -0.1) is 0 Å². The molecule has 118 valence electrons. The van der Waals surface area contributed by atoms with Crippen molar-refractivity contribution in [3.8, 4) is 5.69 Å². The molecule has 0 amide bonds. The molecule has 1 atom stereocenters. The Morgan fingerprint density at radius 3 is 2.65 bits per heavy atom. The molecule has 3 aromatic rings. The Bertz CT molecular complexity index is 980. The molecule has 1 fully saturated rings. The number of benzene rings is 1. The summed E-state index contributed by atoms with van der Waals surface area (Å²) in [5, 5.41) is 0. The second-order valence-electron chi connectivity index (χ2n) is 5.85. The van der Waals surface area contributed by atoms with Gasteiger partial charge in [-0.25, -0.2) is 18.4 Å². The van der Waals surface area contributed by atoms with Crippen molar-refractivity contribution in [3.63, 3.8) is 0 Å². The van der Waals surface area contributed by atoms with Gasteiger partial charge < -0.3 is 10.3 Å². The maximum absolute atomic E-state index is 11.8. The summed E-state index contributed by atoms with van der Waals surface area (Å²) in [7, 11) is -2.96. The van der Waals surface area contributed by atoms with Gasteiger partial charge in [0.05, 0.1) is 17.0 Å². The number of anilines is 1. The lowest BCUT2D eigenvalue weighted by atomic mass is 10.0. The molecule has 0 spiro atoms. The summed E-state index contributed by atoms with van der Waals surface area (Å²) in [6.45, 7) is 0. The molecule has 7 heteroatoms. The number of hydrogen-bond donors (Lipinski definition) is 1. The highest BCUT2D eigenvalue weighted by Crippen LogP contribution is 2.36. The Morgan fingerprint density at radius 1 is 1.17 bits per heavy atom. The highest BCUT2D eigenvalue weighted by atomic mass is 32.2. The zero-order valence-electron chi connectivity index (χ0n) is 12.4. The van der Waals surface area contributed by atoms with Gasteiger partial charge in [-0.05, 0) is 18.6 Å². The van der Waals surface area contributed by atoms with Crippen LogP contribution >= 0.6 is 0 Å². The number of aromatic nitrogens is 3. The van der Waals surface area contributed by atoms with E-state index in [0.29, 0.717) is 12.2 Å². The molecule has 1 saturated heterocycles. The van der Waals surface area contributed by atoms with Gasteiger partial charge >= 0.3 is 0 Å². The number of para-hydroxylation sites is 1. The lowest BCUT2D eigenvalue weighted by Crippen LogP contribution is -2.03. The average molecular weight is 328 g/mol. The summed E-state index contributed by atoms with van der Waals surface area (Å²) >= 11 is 0. The zero-order chi connectivity index (χ0) is 16.0. The van der Waals surface area contributed by atoms with Crippen LogP contribution in [0.5, 0.6) is 0 Å². The van der Waals surface area contributed by atoms with E-state index in [0.717, 1.165) is 22.3 Å². The van der Waals surface area contributed by atoms with Crippen molar-refractivity contribution >= 4 is 26.7 Å². The molecule has 0 bridgehead atoms. The van der Waals surface area contributed by atoms with Crippen LogP contribution in [0.3, 0.4) is 0 Å². The van der Waals surface area contributed by atoms with Gasteiger partial charge in [0.25, 0.3) is 0 Å². The number of rotatable bonds is 2. The predicted molar refractivity (Wildman–Crippen MR) is 89.3 cm³/mol. The van der Waals surface area contributed by atoms with Crippen LogP contribution in [0, 0.1) is 0 Å². The molecule has 1 aromatic carbocycles. The van der Waals surface area contributed by atoms with Gasteiger partial charge in [-0.2, -0.15) is 0 Å². The molecule has 3 heterocycles. The molecule has 1 aliphatic rings. The minimum absolute atomic E-state index is 0.0400. The van der Waals surface area contributed by atoms with Crippen molar-refractivity contribution in [1.82, 2.24) is 14.5 Å². The predicted octanol–water partition coefficient (Wildman–Crippen LogP) is 1.90. The van der Waals surface area contributed by atoms with Crippen molar-refractivity contribution in [3.05, 3.63) is 48.4 Å². The first kappa shape index (κ1) is 14.2. The SMILES string of the molecule is Nc1ncnc2c(C3CCS(=O)(=O)C3)cn(-c3ccccc3)c12. The highest BCUT2D eigenvalue weighted by molar-refractivity contribution is 7.91. The molecule has 2 N–H and O–H groups in total. The molecular weight excluding hydrogens is 312 g/mol. The summed E-state index contributed by atoms with van der Waals surface area (Å²) in [4.78, 5) is 8.46. The third-order valence-corrected chi connectivity index (χ3v) is 6.11. The molecule has 4 rings (SSSR count). The molecular formula is C16H16N4O2S. The van der Waals surface area contributed by atoms with Crippen LogP contribution in [0.25, 0.3) is 16.7 Å². The molecule has 23 heavy (non-hydrogen) atoms. The largest absolute Gasteiger partial charge is 0.382 e. The van der Waals surface area contributed by atoms with E-state index in [1.54, 1.807) is 0 Å². The van der Waals surface area contributed by atoms with Crippen LogP contribution in [0.2, 0.25) is 0 Å². The normalized spacial score (nSPS) is 20.1. The number of nitrogens with zero attached hydrogens (tertiary/aromatic N) is 3. The maximum atomic E-state index is 11.8. The van der Waals surface area contributed by atoms with E-state index in [2.05, 4.69) is 9.97 Å². The van der Waals surface area contributed by atoms with Crippen molar-refractivity contribution in [2.45, 2.75) is 12.3 Å².